The maximum atomic E-state index is 12.1. The molecule has 1 aliphatic rings. The van der Waals surface area contributed by atoms with E-state index < -0.39 is 10.0 Å². The van der Waals surface area contributed by atoms with Gasteiger partial charge in [-0.1, -0.05) is 25.4 Å². The molecule has 2 rings (SSSR count). The van der Waals surface area contributed by atoms with Gasteiger partial charge < -0.3 is 5.32 Å². The first-order valence-electron chi connectivity index (χ1n) is 6.63. The molecule has 1 amide bonds. The number of carbonyl (C=O) groups excluding carboxylic acids is 1. The maximum Gasteiger partial charge on any atom is 0.251 e. The molecule has 3 N–H and O–H groups in total. The molecule has 0 bridgehead atoms. The van der Waals surface area contributed by atoms with Crippen LogP contribution in [0.2, 0.25) is 5.02 Å². The molecule has 1 unspecified atom stereocenters. The molecule has 1 atom stereocenters. The second kappa shape index (κ2) is 5.26. The van der Waals surface area contributed by atoms with Gasteiger partial charge in [0, 0.05) is 12.1 Å². The van der Waals surface area contributed by atoms with Crippen LogP contribution in [0.25, 0.3) is 0 Å². The number of nitrogens with one attached hydrogen (secondary N) is 1. The van der Waals surface area contributed by atoms with Crippen molar-refractivity contribution in [2.75, 3.05) is 6.54 Å². The molecule has 0 aromatic heterocycles. The van der Waals surface area contributed by atoms with Crippen LogP contribution in [0.15, 0.2) is 17.0 Å². The monoisotopic (exact) mass is 330 g/mol. The Labute approximate surface area is 129 Å². The van der Waals surface area contributed by atoms with E-state index in [2.05, 4.69) is 19.2 Å². The predicted octanol–water partition coefficient (Wildman–Crippen LogP) is 2.07. The number of amides is 1. The Hall–Kier alpha value is -1.11. The van der Waals surface area contributed by atoms with E-state index in [-0.39, 0.29) is 26.8 Å². The average molecular weight is 331 g/mol. The quantitative estimate of drug-likeness (QED) is 0.885. The van der Waals surface area contributed by atoms with Gasteiger partial charge >= 0.3 is 0 Å². The first kappa shape index (κ1) is 16.3. The molecule has 0 aliphatic heterocycles. The molecule has 21 heavy (non-hydrogen) atoms. The predicted molar refractivity (Wildman–Crippen MR) is 81.8 cm³/mol. The third-order valence-corrected chi connectivity index (χ3v) is 5.57. The molecule has 1 aliphatic carbocycles. The molecule has 116 valence electrons. The highest BCUT2D eigenvalue weighted by Gasteiger charge is 2.45. The summed E-state index contributed by atoms with van der Waals surface area (Å²) in [6, 6.07) is 2.78. The zero-order chi connectivity index (χ0) is 16.0. The highest BCUT2D eigenvalue weighted by Crippen LogP contribution is 2.51. The molecule has 0 saturated heterocycles. The minimum atomic E-state index is -3.96. The molecule has 0 spiro atoms. The Morgan fingerprint density at radius 1 is 1.48 bits per heavy atom. The van der Waals surface area contributed by atoms with Crippen molar-refractivity contribution in [2.45, 2.75) is 32.1 Å². The number of aryl methyl sites for hydroxylation is 1. The number of benzene rings is 1. The topological polar surface area (TPSA) is 89.3 Å². The molecular formula is C14H19ClN2O3S. The van der Waals surface area contributed by atoms with Gasteiger partial charge in [-0.25, -0.2) is 13.6 Å². The standard InChI is InChI=1S/C14H19ClN2O3S/c1-8-4-9(5-11(12(8)15)21(16,19)20)13(18)17-7-10-6-14(10,2)3/h4-5,10H,6-7H2,1-3H3,(H,17,18)(H2,16,19,20). The number of hydrogen-bond donors (Lipinski definition) is 2. The molecule has 0 heterocycles. The first-order valence-corrected chi connectivity index (χ1v) is 8.56. The van der Waals surface area contributed by atoms with Crippen molar-refractivity contribution in [3.63, 3.8) is 0 Å². The third-order valence-electron chi connectivity index (χ3n) is 4.02. The fourth-order valence-electron chi connectivity index (χ4n) is 2.32. The van der Waals surface area contributed by atoms with Gasteiger partial charge in [0.05, 0.1) is 5.02 Å². The van der Waals surface area contributed by atoms with E-state index in [0.717, 1.165) is 6.42 Å². The van der Waals surface area contributed by atoms with Crippen LogP contribution in [0.4, 0.5) is 0 Å². The van der Waals surface area contributed by atoms with Crippen LogP contribution in [0, 0.1) is 18.3 Å². The summed E-state index contributed by atoms with van der Waals surface area (Å²) in [6.07, 6.45) is 1.08. The molecular weight excluding hydrogens is 312 g/mol. The van der Waals surface area contributed by atoms with Crippen LogP contribution in [0.3, 0.4) is 0 Å². The van der Waals surface area contributed by atoms with Crippen molar-refractivity contribution in [3.8, 4) is 0 Å². The number of sulfonamides is 1. The average Bonchev–Trinajstić information content (AvgIpc) is 2.95. The van der Waals surface area contributed by atoms with E-state index >= 15 is 0 Å². The number of nitrogens with two attached hydrogens (primary N) is 1. The first-order chi connectivity index (χ1) is 9.52. The van der Waals surface area contributed by atoms with Crippen LogP contribution in [-0.2, 0) is 10.0 Å². The van der Waals surface area contributed by atoms with Gasteiger partial charge in [-0.2, -0.15) is 0 Å². The Kier molecular flexibility index (Phi) is 4.08. The molecule has 1 aromatic carbocycles. The van der Waals surface area contributed by atoms with Gasteiger partial charge in [-0.15, -0.1) is 0 Å². The summed E-state index contributed by atoms with van der Waals surface area (Å²) in [7, 11) is -3.96. The Balaban J connectivity index is 2.20. The summed E-state index contributed by atoms with van der Waals surface area (Å²) in [5.74, 6) is 0.148. The summed E-state index contributed by atoms with van der Waals surface area (Å²) in [5, 5.41) is 8.00. The summed E-state index contributed by atoms with van der Waals surface area (Å²) < 4.78 is 23.0. The Bertz CT molecular complexity index is 698. The zero-order valence-corrected chi connectivity index (χ0v) is 13.8. The molecule has 1 fully saturated rings. The van der Waals surface area contributed by atoms with E-state index in [9.17, 15) is 13.2 Å². The lowest BCUT2D eigenvalue weighted by Crippen LogP contribution is -2.27. The summed E-state index contributed by atoms with van der Waals surface area (Å²) in [6.45, 7) is 6.51. The van der Waals surface area contributed by atoms with Crippen LogP contribution in [0.1, 0.15) is 36.2 Å². The van der Waals surface area contributed by atoms with Gasteiger partial charge in [-0.3, -0.25) is 4.79 Å². The van der Waals surface area contributed by atoms with Crippen LogP contribution in [-0.4, -0.2) is 20.9 Å². The number of carbonyl (C=O) groups is 1. The summed E-state index contributed by atoms with van der Waals surface area (Å²) >= 11 is 5.94. The Morgan fingerprint density at radius 3 is 2.52 bits per heavy atom. The summed E-state index contributed by atoms with van der Waals surface area (Å²) in [5.41, 5.74) is 1.02. The van der Waals surface area contributed by atoms with E-state index in [1.54, 1.807) is 13.0 Å². The smallest absolute Gasteiger partial charge is 0.251 e. The van der Waals surface area contributed by atoms with Crippen molar-refractivity contribution in [3.05, 3.63) is 28.3 Å². The highest BCUT2D eigenvalue weighted by molar-refractivity contribution is 7.89. The van der Waals surface area contributed by atoms with Gasteiger partial charge in [-0.05, 0) is 42.4 Å². The number of rotatable bonds is 4. The lowest BCUT2D eigenvalue weighted by molar-refractivity contribution is 0.0950. The van der Waals surface area contributed by atoms with Crippen molar-refractivity contribution in [1.29, 1.82) is 0 Å². The molecule has 7 heteroatoms. The largest absolute Gasteiger partial charge is 0.352 e. The van der Waals surface area contributed by atoms with Crippen LogP contribution >= 0.6 is 11.6 Å². The third kappa shape index (κ3) is 3.56. The van der Waals surface area contributed by atoms with E-state index in [1.807, 2.05) is 0 Å². The van der Waals surface area contributed by atoms with Gasteiger partial charge in [0.2, 0.25) is 10.0 Å². The number of primary sulfonamides is 1. The number of hydrogen-bond acceptors (Lipinski definition) is 3. The lowest BCUT2D eigenvalue weighted by atomic mass is 10.1. The van der Waals surface area contributed by atoms with Crippen molar-refractivity contribution < 1.29 is 13.2 Å². The Morgan fingerprint density at radius 2 is 2.05 bits per heavy atom. The maximum absolute atomic E-state index is 12.1. The van der Waals surface area contributed by atoms with Crippen molar-refractivity contribution in [2.24, 2.45) is 16.5 Å². The lowest BCUT2D eigenvalue weighted by Gasteiger charge is -2.10. The molecule has 5 nitrogen and oxygen atoms in total. The minimum absolute atomic E-state index is 0.0531. The van der Waals surface area contributed by atoms with E-state index in [4.69, 9.17) is 16.7 Å². The SMILES string of the molecule is Cc1cc(C(=O)NCC2CC2(C)C)cc(S(N)(=O)=O)c1Cl. The summed E-state index contributed by atoms with van der Waals surface area (Å²) in [4.78, 5) is 11.9. The van der Waals surface area contributed by atoms with E-state index in [1.165, 1.54) is 6.07 Å². The van der Waals surface area contributed by atoms with Crippen molar-refractivity contribution in [1.82, 2.24) is 5.32 Å². The van der Waals surface area contributed by atoms with Crippen LogP contribution < -0.4 is 10.5 Å². The second-order valence-corrected chi connectivity index (χ2v) is 8.16. The zero-order valence-electron chi connectivity index (χ0n) is 12.2. The fourth-order valence-corrected chi connectivity index (χ4v) is 3.45. The van der Waals surface area contributed by atoms with Crippen molar-refractivity contribution >= 4 is 27.5 Å². The van der Waals surface area contributed by atoms with E-state index in [0.29, 0.717) is 18.0 Å². The minimum Gasteiger partial charge on any atom is -0.352 e. The van der Waals surface area contributed by atoms with Crippen LogP contribution in [0.5, 0.6) is 0 Å². The second-order valence-electron chi connectivity index (χ2n) is 6.25. The number of halogens is 1. The van der Waals surface area contributed by atoms with Gasteiger partial charge in [0.1, 0.15) is 4.90 Å². The molecule has 1 saturated carbocycles. The molecule has 0 radical (unpaired) electrons. The van der Waals surface area contributed by atoms with Gasteiger partial charge in [0.15, 0.2) is 0 Å². The fraction of sp³-hybridized carbons (Fsp3) is 0.500. The van der Waals surface area contributed by atoms with Gasteiger partial charge in [0.25, 0.3) is 5.91 Å². The molecule has 1 aromatic rings. The highest BCUT2D eigenvalue weighted by atomic mass is 35.5. The normalized spacial score (nSPS) is 20.1.